The molecule has 1 heterocycles. The number of thiophene rings is 1. The summed E-state index contributed by atoms with van der Waals surface area (Å²) in [4.78, 5) is 36.5. The third kappa shape index (κ3) is 7.35. The van der Waals surface area contributed by atoms with E-state index in [0.717, 1.165) is 12.0 Å². The van der Waals surface area contributed by atoms with Gasteiger partial charge < -0.3 is 10.1 Å². The molecule has 0 aliphatic carbocycles. The maximum Gasteiger partial charge on any atom is 0.306 e. The molecule has 0 aliphatic rings. The molecule has 0 radical (unpaired) electrons. The second-order valence-electron chi connectivity index (χ2n) is 6.72. The Morgan fingerprint density at radius 3 is 2.41 bits per heavy atom. The summed E-state index contributed by atoms with van der Waals surface area (Å²) >= 11 is 1.34. The van der Waals surface area contributed by atoms with E-state index in [2.05, 4.69) is 19.2 Å². The number of nitrogens with one attached hydrogen (secondary N) is 1. The van der Waals surface area contributed by atoms with Gasteiger partial charge in [0.1, 0.15) is 0 Å². The lowest BCUT2D eigenvalue weighted by Gasteiger charge is -2.21. The molecule has 144 valence electrons. The van der Waals surface area contributed by atoms with E-state index in [0.29, 0.717) is 10.8 Å². The molecular formula is C21H25NO4S. The van der Waals surface area contributed by atoms with Crippen LogP contribution in [0.2, 0.25) is 0 Å². The molecule has 0 unspecified atom stereocenters. The first-order valence-electron chi connectivity index (χ1n) is 9.02. The average molecular weight is 388 g/mol. The van der Waals surface area contributed by atoms with Crippen LogP contribution in [0.25, 0.3) is 0 Å². The highest BCUT2D eigenvalue weighted by Gasteiger charge is 2.17. The molecule has 5 nitrogen and oxygen atoms in total. The number of amides is 1. The molecule has 0 saturated heterocycles. The molecule has 0 bridgehead atoms. The Labute approximate surface area is 163 Å². The van der Waals surface area contributed by atoms with E-state index in [9.17, 15) is 14.4 Å². The molecule has 2 rings (SSSR count). The van der Waals surface area contributed by atoms with Crippen LogP contribution in [0.3, 0.4) is 0 Å². The van der Waals surface area contributed by atoms with Gasteiger partial charge in [-0.25, -0.2) is 0 Å². The third-order valence-electron chi connectivity index (χ3n) is 3.96. The fourth-order valence-electron chi connectivity index (χ4n) is 2.67. The Hall–Kier alpha value is -2.47. The van der Waals surface area contributed by atoms with Crippen molar-refractivity contribution in [3.05, 3.63) is 58.3 Å². The van der Waals surface area contributed by atoms with Gasteiger partial charge >= 0.3 is 5.97 Å². The number of carbonyl (C=O) groups is 3. The first kappa shape index (κ1) is 20.8. The topological polar surface area (TPSA) is 72.5 Å². The predicted molar refractivity (Wildman–Crippen MR) is 106 cm³/mol. The number of carbonyl (C=O) groups excluding carboxylic acids is 3. The minimum Gasteiger partial charge on any atom is -0.456 e. The molecule has 6 heteroatoms. The van der Waals surface area contributed by atoms with Gasteiger partial charge in [0, 0.05) is 6.42 Å². The zero-order valence-electron chi connectivity index (χ0n) is 15.6. The highest BCUT2D eigenvalue weighted by molar-refractivity contribution is 7.12. The van der Waals surface area contributed by atoms with E-state index in [4.69, 9.17) is 4.74 Å². The number of ether oxygens (including phenoxy) is 1. The van der Waals surface area contributed by atoms with Crippen LogP contribution >= 0.6 is 11.3 Å². The van der Waals surface area contributed by atoms with E-state index in [1.165, 1.54) is 11.3 Å². The number of benzene rings is 1. The SMILES string of the molecule is CC(C)C[C@@H](NC(=O)COC(=O)CCC(=O)c1cccs1)c1ccccc1. The molecule has 2 aromatic rings. The summed E-state index contributed by atoms with van der Waals surface area (Å²) in [5.41, 5.74) is 1.02. The normalized spacial score (nSPS) is 11.8. The van der Waals surface area contributed by atoms with Crippen molar-refractivity contribution < 1.29 is 19.1 Å². The largest absolute Gasteiger partial charge is 0.456 e. The van der Waals surface area contributed by atoms with Gasteiger partial charge in [-0.1, -0.05) is 50.2 Å². The van der Waals surface area contributed by atoms with Crippen LogP contribution in [0, 0.1) is 5.92 Å². The van der Waals surface area contributed by atoms with Crippen molar-refractivity contribution in [3.63, 3.8) is 0 Å². The van der Waals surface area contributed by atoms with Gasteiger partial charge in [-0.15, -0.1) is 11.3 Å². The van der Waals surface area contributed by atoms with Gasteiger partial charge in [0.05, 0.1) is 17.3 Å². The van der Waals surface area contributed by atoms with E-state index in [1.807, 2.05) is 35.7 Å². The molecule has 0 fully saturated rings. The summed E-state index contributed by atoms with van der Waals surface area (Å²) in [5.74, 6) is -0.577. The Kier molecular flexibility index (Phi) is 8.20. The molecule has 0 spiro atoms. The lowest BCUT2D eigenvalue weighted by molar-refractivity contribution is -0.148. The van der Waals surface area contributed by atoms with Crippen LogP contribution in [0.5, 0.6) is 0 Å². The smallest absolute Gasteiger partial charge is 0.306 e. The van der Waals surface area contributed by atoms with Crippen LogP contribution in [0.4, 0.5) is 0 Å². The van der Waals surface area contributed by atoms with Crippen molar-refractivity contribution >= 4 is 29.0 Å². The summed E-state index contributed by atoms with van der Waals surface area (Å²) in [7, 11) is 0. The number of rotatable bonds is 10. The van der Waals surface area contributed by atoms with Crippen molar-refractivity contribution in [1.82, 2.24) is 5.32 Å². The monoisotopic (exact) mass is 387 g/mol. The van der Waals surface area contributed by atoms with E-state index >= 15 is 0 Å². The molecule has 1 N–H and O–H groups in total. The standard InChI is InChI=1S/C21H25NO4S/c1-15(2)13-17(16-7-4-3-5-8-16)22-20(24)14-26-21(25)11-10-18(23)19-9-6-12-27-19/h3-9,12,15,17H,10-11,13-14H2,1-2H3,(H,22,24)/t17-/m1/s1. The quantitative estimate of drug-likeness (QED) is 0.491. The van der Waals surface area contributed by atoms with Gasteiger partial charge in [0.15, 0.2) is 12.4 Å². The van der Waals surface area contributed by atoms with Crippen LogP contribution in [-0.2, 0) is 14.3 Å². The van der Waals surface area contributed by atoms with Crippen molar-refractivity contribution in [2.45, 2.75) is 39.2 Å². The van der Waals surface area contributed by atoms with Crippen molar-refractivity contribution in [2.75, 3.05) is 6.61 Å². The van der Waals surface area contributed by atoms with Crippen molar-refractivity contribution in [2.24, 2.45) is 5.92 Å². The summed E-state index contributed by atoms with van der Waals surface area (Å²) < 4.78 is 5.01. The molecule has 1 aromatic carbocycles. The van der Waals surface area contributed by atoms with Crippen molar-refractivity contribution in [1.29, 1.82) is 0 Å². The lowest BCUT2D eigenvalue weighted by atomic mass is 9.97. The van der Waals surface area contributed by atoms with Crippen molar-refractivity contribution in [3.8, 4) is 0 Å². The second kappa shape index (κ2) is 10.6. The fourth-order valence-corrected chi connectivity index (χ4v) is 3.36. The molecular weight excluding hydrogens is 362 g/mol. The number of hydrogen-bond donors (Lipinski definition) is 1. The second-order valence-corrected chi connectivity index (χ2v) is 7.67. The average Bonchev–Trinajstić information content (AvgIpc) is 3.19. The molecule has 27 heavy (non-hydrogen) atoms. The fraction of sp³-hybridized carbons (Fsp3) is 0.381. The summed E-state index contributed by atoms with van der Waals surface area (Å²) in [6.07, 6.45) is 0.845. The molecule has 0 saturated carbocycles. The third-order valence-corrected chi connectivity index (χ3v) is 4.87. The number of Topliss-reactive ketones (excluding diaryl/α,β-unsaturated/α-hetero) is 1. The van der Waals surface area contributed by atoms with Gasteiger partial charge in [0.2, 0.25) is 0 Å². The maximum atomic E-state index is 12.2. The zero-order valence-corrected chi connectivity index (χ0v) is 16.5. The van der Waals surface area contributed by atoms with Crippen LogP contribution in [0.1, 0.15) is 54.4 Å². The Balaban J connectivity index is 1.77. The minimum atomic E-state index is -0.546. The minimum absolute atomic E-state index is 0.0296. The van der Waals surface area contributed by atoms with E-state index < -0.39 is 5.97 Å². The Morgan fingerprint density at radius 2 is 1.78 bits per heavy atom. The van der Waals surface area contributed by atoms with Crippen LogP contribution < -0.4 is 5.32 Å². The highest BCUT2D eigenvalue weighted by atomic mass is 32.1. The van der Waals surface area contributed by atoms with Crippen LogP contribution in [0.15, 0.2) is 47.8 Å². The highest BCUT2D eigenvalue weighted by Crippen LogP contribution is 2.21. The molecule has 1 atom stereocenters. The van der Waals surface area contributed by atoms with Crippen LogP contribution in [-0.4, -0.2) is 24.3 Å². The first-order valence-corrected chi connectivity index (χ1v) is 9.90. The van der Waals surface area contributed by atoms with Gasteiger partial charge in [-0.05, 0) is 29.3 Å². The number of hydrogen-bond acceptors (Lipinski definition) is 5. The van der Waals surface area contributed by atoms with Gasteiger partial charge in [-0.2, -0.15) is 0 Å². The van der Waals surface area contributed by atoms with E-state index in [-0.39, 0.29) is 37.2 Å². The zero-order chi connectivity index (χ0) is 19.6. The lowest BCUT2D eigenvalue weighted by Crippen LogP contribution is -2.33. The summed E-state index contributed by atoms with van der Waals surface area (Å²) in [5, 5.41) is 4.74. The molecule has 1 aromatic heterocycles. The van der Waals surface area contributed by atoms with Gasteiger partial charge in [-0.3, -0.25) is 14.4 Å². The molecule has 1 amide bonds. The number of ketones is 1. The number of esters is 1. The Bertz CT molecular complexity index is 741. The molecule has 0 aliphatic heterocycles. The Morgan fingerprint density at radius 1 is 1.04 bits per heavy atom. The summed E-state index contributed by atoms with van der Waals surface area (Å²) in [6, 6.07) is 13.1. The van der Waals surface area contributed by atoms with E-state index in [1.54, 1.807) is 12.1 Å². The van der Waals surface area contributed by atoms with Gasteiger partial charge in [0.25, 0.3) is 5.91 Å². The predicted octanol–water partition coefficient (Wildman–Crippen LogP) is 4.16. The maximum absolute atomic E-state index is 12.2. The summed E-state index contributed by atoms with van der Waals surface area (Å²) in [6.45, 7) is 3.84. The first-order chi connectivity index (χ1) is 13.0.